The first kappa shape index (κ1) is 13.4. The number of fused-ring (bicyclic) bond motifs is 2. The van der Waals surface area contributed by atoms with Gasteiger partial charge in [0.2, 0.25) is 5.88 Å². The largest absolute Gasteiger partial charge is 0.438 e. The fourth-order valence-corrected chi connectivity index (χ4v) is 3.28. The van der Waals surface area contributed by atoms with E-state index in [-0.39, 0.29) is 5.78 Å². The number of carbonyl (C=O) groups excluding carboxylic acids is 1. The number of hydrogen-bond acceptors (Lipinski definition) is 5. The molecule has 1 aliphatic carbocycles. The van der Waals surface area contributed by atoms with E-state index in [0.29, 0.717) is 28.3 Å². The van der Waals surface area contributed by atoms with Gasteiger partial charge in [0.1, 0.15) is 22.1 Å². The van der Waals surface area contributed by atoms with E-state index in [0.717, 1.165) is 22.9 Å². The van der Waals surface area contributed by atoms with Crippen molar-refractivity contribution in [3.63, 3.8) is 0 Å². The molecule has 0 spiro atoms. The summed E-state index contributed by atoms with van der Waals surface area (Å²) in [4.78, 5) is 20.1. The zero-order valence-corrected chi connectivity index (χ0v) is 13.3. The van der Waals surface area contributed by atoms with Gasteiger partial charge < -0.3 is 4.74 Å². The van der Waals surface area contributed by atoms with Crippen molar-refractivity contribution in [3.05, 3.63) is 40.3 Å². The van der Waals surface area contributed by atoms with Crippen LogP contribution < -0.4 is 4.74 Å². The fourth-order valence-electron chi connectivity index (χ4n) is 2.70. The Morgan fingerprint density at radius 3 is 3.00 bits per heavy atom. The van der Waals surface area contributed by atoms with E-state index in [2.05, 4.69) is 31.0 Å². The number of benzene rings is 1. The van der Waals surface area contributed by atoms with E-state index in [4.69, 9.17) is 4.74 Å². The van der Waals surface area contributed by atoms with Crippen LogP contribution in [0.25, 0.3) is 11.0 Å². The van der Waals surface area contributed by atoms with Gasteiger partial charge in [-0.2, -0.15) is 5.10 Å². The van der Waals surface area contributed by atoms with Crippen LogP contribution in [0.2, 0.25) is 0 Å². The minimum atomic E-state index is 0.195. The van der Waals surface area contributed by atoms with Crippen LogP contribution in [-0.2, 0) is 13.5 Å². The van der Waals surface area contributed by atoms with Gasteiger partial charge in [-0.15, -0.1) is 0 Å². The number of aromatic nitrogens is 4. The number of aryl methyl sites for hydroxylation is 2. The number of ketones is 1. The number of halogens is 1. The maximum Gasteiger partial charge on any atom is 0.234 e. The van der Waals surface area contributed by atoms with Crippen molar-refractivity contribution in [2.75, 3.05) is 0 Å². The quantitative estimate of drug-likeness (QED) is 0.703. The van der Waals surface area contributed by atoms with Crippen molar-refractivity contribution in [2.45, 2.75) is 12.8 Å². The van der Waals surface area contributed by atoms with Crippen molar-refractivity contribution in [3.8, 4) is 11.6 Å². The summed E-state index contributed by atoms with van der Waals surface area (Å²) >= 11 is 3.40. The molecule has 110 valence electrons. The van der Waals surface area contributed by atoms with Crippen LogP contribution >= 0.6 is 15.9 Å². The molecule has 0 bridgehead atoms. The second-order valence-corrected chi connectivity index (χ2v) is 5.89. The average molecular weight is 359 g/mol. The average Bonchev–Trinajstić information content (AvgIpc) is 3.01. The van der Waals surface area contributed by atoms with E-state index in [1.807, 2.05) is 19.2 Å². The van der Waals surface area contributed by atoms with E-state index in [1.165, 1.54) is 6.33 Å². The lowest BCUT2D eigenvalue weighted by atomic mass is 10.1. The molecule has 2 aromatic heterocycles. The fraction of sp³-hybridized carbons (Fsp3) is 0.200. The molecule has 0 unspecified atom stereocenters. The van der Waals surface area contributed by atoms with Crippen molar-refractivity contribution >= 4 is 32.7 Å². The smallest absolute Gasteiger partial charge is 0.234 e. The van der Waals surface area contributed by atoms with Crippen molar-refractivity contribution in [1.29, 1.82) is 0 Å². The van der Waals surface area contributed by atoms with Crippen LogP contribution in [0, 0.1) is 0 Å². The van der Waals surface area contributed by atoms with Crippen molar-refractivity contribution < 1.29 is 9.53 Å². The molecule has 6 nitrogen and oxygen atoms in total. The van der Waals surface area contributed by atoms with Crippen LogP contribution in [0.5, 0.6) is 11.6 Å². The molecule has 0 amide bonds. The highest BCUT2D eigenvalue weighted by atomic mass is 79.9. The summed E-state index contributed by atoms with van der Waals surface area (Å²) < 4.78 is 8.20. The molecule has 3 aromatic rings. The molecule has 0 fully saturated rings. The van der Waals surface area contributed by atoms with Gasteiger partial charge >= 0.3 is 0 Å². The minimum absolute atomic E-state index is 0.195. The molecule has 0 radical (unpaired) electrons. The highest BCUT2D eigenvalue weighted by Gasteiger charge is 2.20. The molecule has 4 rings (SSSR count). The number of Topliss-reactive ketones (excluding diaryl/α,β-unsaturated/α-hetero) is 1. The predicted octanol–water partition coefficient (Wildman–Crippen LogP) is 3.05. The summed E-state index contributed by atoms with van der Waals surface area (Å²) in [6.45, 7) is 0. The standard InChI is InChI=1S/C15H11BrN4O2/c1-20-14-12(13(16)19-20)15(18-7-17-14)22-9-3-4-10-8(6-9)2-5-11(10)21/h3-4,6-7H,2,5H2,1H3. The van der Waals surface area contributed by atoms with E-state index in [9.17, 15) is 4.79 Å². The lowest BCUT2D eigenvalue weighted by molar-refractivity contribution is 0.0994. The van der Waals surface area contributed by atoms with Gasteiger partial charge in [0.05, 0.1) is 0 Å². The molecular weight excluding hydrogens is 348 g/mol. The van der Waals surface area contributed by atoms with Crippen LogP contribution in [0.4, 0.5) is 0 Å². The first-order valence-corrected chi connectivity index (χ1v) is 7.60. The Hall–Kier alpha value is -2.28. The van der Waals surface area contributed by atoms with Crippen molar-refractivity contribution in [2.24, 2.45) is 7.05 Å². The number of nitrogens with zero attached hydrogens (tertiary/aromatic N) is 4. The first-order chi connectivity index (χ1) is 10.6. The Balaban J connectivity index is 1.77. The van der Waals surface area contributed by atoms with Gasteiger partial charge in [-0.1, -0.05) is 0 Å². The zero-order valence-electron chi connectivity index (χ0n) is 11.7. The Morgan fingerprint density at radius 2 is 2.14 bits per heavy atom. The third-order valence-corrected chi connectivity index (χ3v) is 4.31. The Bertz CT molecular complexity index is 919. The van der Waals surface area contributed by atoms with Crippen LogP contribution in [-0.4, -0.2) is 25.5 Å². The molecule has 1 aromatic carbocycles. The molecule has 22 heavy (non-hydrogen) atoms. The number of rotatable bonds is 2. The molecule has 0 atom stereocenters. The van der Waals surface area contributed by atoms with E-state index in [1.54, 1.807) is 10.7 Å². The molecule has 0 aliphatic heterocycles. The summed E-state index contributed by atoms with van der Waals surface area (Å²) in [6, 6.07) is 5.51. The summed E-state index contributed by atoms with van der Waals surface area (Å²) in [5.74, 6) is 1.29. The molecule has 0 saturated carbocycles. The summed E-state index contributed by atoms with van der Waals surface area (Å²) in [5, 5.41) is 4.99. The lowest BCUT2D eigenvalue weighted by Crippen LogP contribution is -1.95. The maximum absolute atomic E-state index is 11.7. The molecule has 7 heteroatoms. The zero-order chi connectivity index (χ0) is 15.3. The molecule has 0 saturated heterocycles. The summed E-state index contributed by atoms with van der Waals surface area (Å²) in [6.07, 6.45) is 2.79. The van der Waals surface area contributed by atoms with Crippen molar-refractivity contribution in [1.82, 2.24) is 19.7 Å². The Morgan fingerprint density at radius 1 is 1.27 bits per heavy atom. The molecular formula is C15H11BrN4O2. The summed E-state index contributed by atoms with van der Waals surface area (Å²) in [5.41, 5.74) is 2.51. The second kappa shape index (κ2) is 4.88. The normalized spacial score (nSPS) is 13.6. The molecule has 1 aliphatic rings. The predicted molar refractivity (Wildman–Crippen MR) is 83.2 cm³/mol. The monoisotopic (exact) mass is 358 g/mol. The van der Waals surface area contributed by atoms with Crippen LogP contribution in [0.3, 0.4) is 0 Å². The highest BCUT2D eigenvalue weighted by Crippen LogP contribution is 2.33. The Labute approximate surface area is 134 Å². The van der Waals surface area contributed by atoms with Gasteiger partial charge in [0, 0.05) is 19.0 Å². The topological polar surface area (TPSA) is 69.9 Å². The molecule has 2 heterocycles. The van der Waals surface area contributed by atoms with E-state index >= 15 is 0 Å². The highest BCUT2D eigenvalue weighted by molar-refractivity contribution is 9.10. The van der Waals surface area contributed by atoms with Gasteiger partial charge in [0.15, 0.2) is 11.4 Å². The second-order valence-electron chi connectivity index (χ2n) is 5.14. The lowest BCUT2D eigenvalue weighted by Gasteiger charge is -2.07. The third kappa shape index (κ3) is 2.00. The number of carbonyl (C=O) groups is 1. The van der Waals surface area contributed by atoms with Crippen LogP contribution in [0.1, 0.15) is 22.3 Å². The third-order valence-electron chi connectivity index (χ3n) is 3.76. The van der Waals surface area contributed by atoms with Gasteiger partial charge in [-0.3, -0.25) is 4.79 Å². The van der Waals surface area contributed by atoms with Gasteiger partial charge in [0.25, 0.3) is 0 Å². The first-order valence-electron chi connectivity index (χ1n) is 6.80. The number of ether oxygens (including phenoxy) is 1. The Kier molecular flexibility index (Phi) is 2.97. The van der Waals surface area contributed by atoms with Crippen LogP contribution in [0.15, 0.2) is 29.1 Å². The SMILES string of the molecule is Cn1nc(Br)c2c(Oc3ccc4c(c3)CCC4=O)ncnc21. The number of hydrogen-bond donors (Lipinski definition) is 0. The summed E-state index contributed by atoms with van der Waals surface area (Å²) in [7, 11) is 1.81. The van der Waals surface area contributed by atoms with Gasteiger partial charge in [-0.05, 0) is 46.1 Å². The van der Waals surface area contributed by atoms with E-state index < -0.39 is 0 Å². The maximum atomic E-state index is 11.7. The molecule has 0 N–H and O–H groups in total. The minimum Gasteiger partial charge on any atom is -0.438 e. The van der Waals surface area contributed by atoms with Gasteiger partial charge in [-0.25, -0.2) is 14.6 Å².